The van der Waals surface area contributed by atoms with Crippen molar-refractivity contribution in [3.63, 3.8) is 0 Å². The van der Waals surface area contributed by atoms with Crippen LogP contribution in [0.2, 0.25) is 0 Å². The standard InChI is InChI=1S/C58H38N2S/c1-3-14-40(15-4-1)47-19-9-10-20-48(47)42-28-34-46(35-29-42)59(54-24-13-23-53-51-22-11-12-25-56(51)61-58(53)54)45-32-26-39(27-33-45)43-31-36-50-52-37-30-41-16-7-8-21-49(41)57(52)60(55(50)38-43)44-17-5-2-6-18-44/h1-38H. The molecule has 0 aliphatic carbocycles. The number of benzene rings is 10. The minimum absolute atomic E-state index is 1.11. The van der Waals surface area contributed by atoms with Crippen molar-refractivity contribution in [2.24, 2.45) is 0 Å². The molecule has 0 saturated carbocycles. The van der Waals surface area contributed by atoms with Gasteiger partial charge in [-0.15, -0.1) is 11.3 Å². The largest absolute Gasteiger partial charge is 0.309 e. The average molecular weight is 795 g/mol. The fourth-order valence-corrected chi connectivity index (χ4v) is 10.5. The van der Waals surface area contributed by atoms with E-state index < -0.39 is 0 Å². The van der Waals surface area contributed by atoms with Gasteiger partial charge in [-0.2, -0.15) is 0 Å². The van der Waals surface area contributed by atoms with Gasteiger partial charge >= 0.3 is 0 Å². The van der Waals surface area contributed by atoms with Gasteiger partial charge in [0.2, 0.25) is 0 Å². The summed E-state index contributed by atoms with van der Waals surface area (Å²) in [6, 6.07) is 84.1. The van der Waals surface area contributed by atoms with E-state index in [1.54, 1.807) is 0 Å². The van der Waals surface area contributed by atoms with Gasteiger partial charge in [0, 0.05) is 48.7 Å². The molecule has 0 fully saturated rings. The second-order valence-electron chi connectivity index (χ2n) is 15.7. The summed E-state index contributed by atoms with van der Waals surface area (Å²) in [7, 11) is 0. The maximum Gasteiger partial charge on any atom is 0.0640 e. The number of anilines is 3. The summed E-state index contributed by atoms with van der Waals surface area (Å²) < 4.78 is 5.02. The molecule has 0 radical (unpaired) electrons. The molecular weight excluding hydrogens is 757 g/mol. The molecule has 0 N–H and O–H groups in total. The van der Waals surface area contributed by atoms with E-state index in [9.17, 15) is 0 Å². The fourth-order valence-electron chi connectivity index (χ4n) is 9.34. The Morgan fingerprint density at radius 1 is 0.361 bits per heavy atom. The molecule has 286 valence electrons. The monoisotopic (exact) mass is 794 g/mol. The van der Waals surface area contributed by atoms with E-state index in [1.165, 1.54) is 91.8 Å². The van der Waals surface area contributed by atoms with Crippen LogP contribution in [0.5, 0.6) is 0 Å². The summed E-state index contributed by atoms with van der Waals surface area (Å²) >= 11 is 1.86. The van der Waals surface area contributed by atoms with E-state index >= 15 is 0 Å². The molecule has 0 spiro atoms. The first-order chi connectivity index (χ1) is 30.3. The zero-order chi connectivity index (χ0) is 40.3. The third kappa shape index (κ3) is 5.93. The quantitative estimate of drug-likeness (QED) is 0.156. The second kappa shape index (κ2) is 14.5. The Labute approximate surface area is 358 Å². The molecule has 3 heteroatoms. The van der Waals surface area contributed by atoms with Crippen molar-refractivity contribution < 1.29 is 0 Å². The molecular formula is C58H38N2S. The van der Waals surface area contributed by atoms with Crippen LogP contribution in [0.25, 0.3) is 91.8 Å². The van der Waals surface area contributed by atoms with Crippen LogP contribution in [0, 0.1) is 0 Å². The first-order valence-electron chi connectivity index (χ1n) is 20.8. The van der Waals surface area contributed by atoms with Crippen molar-refractivity contribution in [2.45, 2.75) is 0 Å². The van der Waals surface area contributed by atoms with Gasteiger partial charge in [0.25, 0.3) is 0 Å². The van der Waals surface area contributed by atoms with Gasteiger partial charge in [0.1, 0.15) is 0 Å². The summed E-state index contributed by atoms with van der Waals surface area (Å²) in [5.74, 6) is 0. The Balaban J connectivity index is 0.991. The average Bonchev–Trinajstić information content (AvgIpc) is 3.89. The predicted octanol–water partition coefficient (Wildman–Crippen LogP) is 16.8. The Hall–Kier alpha value is -7.72. The van der Waals surface area contributed by atoms with E-state index in [0.717, 1.165) is 17.1 Å². The van der Waals surface area contributed by atoms with Gasteiger partial charge in [-0.1, -0.05) is 176 Å². The highest BCUT2D eigenvalue weighted by Crippen LogP contribution is 2.46. The van der Waals surface area contributed by atoms with Crippen molar-refractivity contribution >= 4 is 81.1 Å². The highest BCUT2D eigenvalue weighted by molar-refractivity contribution is 7.26. The molecule has 12 rings (SSSR count). The van der Waals surface area contributed by atoms with Crippen LogP contribution in [0.15, 0.2) is 231 Å². The van der Waals surface area contributed by atoms with Gasteiger partial charge in [-0.05, 0) is 93.4 Å². The summed E-state index contributed by atoms with van der Waals surface area (Å²) in [4.78, 5) is 2.43. The van der Waals surface area contributed by atoms with Crippen molar-refractivity contribution in [3.05, 3.63) is 231 Å². The van der Waals surface area contributed by atoms with Crippen molar-refractivity contribution in [2.75, 3.05) is 4.90 Å². The van der Waals surface area contributed by atoms with Crippen LogP contribution in [0.1, 0.15) is 0 Å². The van der Waals surface area contributed by atoms with E-state index in [0.29, 0.717) is 0 Å². The fraction of sp³-hybridized carbons (Fsp3) is 0. The molecule has 0 atom stereocenters. The molecule has 2 nitrogen and oxygen atoms in total. The summed E-state index contributed by atoms with van der Waals surface area (Å²) in [6.07, 6.45) is 0. The number of fused-ring (bicyclic) bond motifs is 8. The van der Waals surface area contributed by atoms with Crippen LogP contribution in [0.3, 0.4) is 0 Å². The first-order valence-corrected chi connectivity index (χ1v) is 21.7. The molecule has 0 bridgehead atoms. The highest BCUT2D eigenvalue weighted by atomic mass is 32.1. The molecule has 10 aromatic carbocycles. The lowest BCUT2D eigenvalue weighted by molar-refractivity contribution is 1.19. The molecule has 2 aromatic heterocycles. The van der Waals surface area contributed by atoms with Crippen LogP contribution in [0.4, 0.5) is 17.1 Å². The molecule has 0 saturated heterocycles. The van der Waals surface area contributed by atoms with Gasteiger partial charge in [-0.3, -0.25) is 0 Å². The number of para-hydroxylation sites is 1. The maximum absolute atomic E-state index is 2.44. The summed E-state index contributed by atoms with van der Waals surface area (Å²) in [6.45, 7) is 0. The van der Waals surface area contributed by atoms with Crippen molar-refractivity contribution in [1.29, 1.82) is 0 Å². The van der Waals surface area contributed by atoms with Crippen molar-refractivity contribution in [3.8, 4) is 39.1 Å². The Morgan fingerprint density at radius 3 is 1.69 bits per heavy atom. The number of aromatic nitrogens is 1. The number of rotatable bonds is 7. The Bertz CT molecular complexity index is 3560. The summed E-state index contributed by atoms with van der Waals surface area (Å²) in [5.41, 5.74) is 14.2. The van der Waals surface area contributed by atoms with Gasteiger partial charge in [-0.25, -0.2) is 0 Å². The van der Waals surface area contributed by atoms with Crippen molar-refractivity contribution in [1.82, 2.24) is 4.57 Å². The zero-order valence-corrected chi connectivity index (χ0v) is 34.1. The topological polar surface area (TPSA) is 8.17 Å². The van der Waals surface area contributed by atoms with E-state index in [-0.39, 0.29) is 0 Å². The molecule has 61 heavy (non-hydrogen) atoms. The SMILES string of the molecule is c1ccc(-c2ccccc2-c2ccc(N(c3ccc(-c4ccc5c6ccc7ccccc7c6n(-c6ccccc6)c5c4)cc3)c3cccc4c3sc3ccccc34)cc2)cc1. The molecule has 0 unspecified atom stereocenters. The lowest BCUT2D eigenvalue weighted by atomic mass is 9.94. The van der Waals surface area contributed by atoms with Gasteiger partial charge in [0.15, 0.2) is 0 Å². The molecule has 2 heterocycles. The highest BCUT2D eigenvalue weighted by Gasteiger charge is 2.20. The van der Waals surface area contributed by atoms with E-state index in [2.05, 4.69) is 240 Å². The number of hydrogen-bond donors (Lipinski definition) is 0. The number of hydrogen-bond acceptors (Lipinski definition) is 2. The van der Waals surface area contributed by atoms with E-state index in [1.807, 2.05) is 11.3 Å². The summed E-state index contributed by atoms with van der Waals surface area (Å²) in [5, 5.41) is 7.59. The molecule has 0 aliphatic rings. The van der Waals surface area contributed by atoms with Crippen LogP contribution in [-0.4, -0.2) is 4.57 Å². The maximum atomic E-state index is 2.44. The zero-order valence-electron chi connectivity index (χ0n) is 33.2. The Kier molecular flexibility index (Phi) is 8.39. The van der Waals surface area contributed by atoms with E-state index in [4.69, 9.17) is 0 Å². The lowest BCUT2D eigenvalue weighted by Gasteiger charge is -2.26. The number of thiophene rings is 1. The first kappa shape index (κ1) is 35.2. The normalized spacial score (nSPS) is 11.6. The smallest absolute Gasteiger partial charge is 0.0640 e. The van der Waals surface area contributed by atoms with Gasteiger partial charge < -0.3 is 9.47 Å². The van der Waals surface area contributed by atoms with Gasteiger partial charge in [0.05, 0.1) is 21.4 Å². The molecule has 0 amide bonds. The lowest BCUT2D eigenvalue weighted by Crippen LogP contribution is -2.10. The number of nitrogens with zero attached hydrogens (tertiary/aromatic N) is 2. The van der Waals surface area contributed by atoms with Crippen LogP contribution in [-0.2, 0) is 0 Å². The molecule has 0 aliphatic heterocycles. The van der Waals surface area contributed by atoms with Crippen LogP contribution < -0.4 is 4.90 Å². The second-order valence-corrected chi connectivity index (χ2v) is 16.7. The van der Waals surface area contributed by atoms with Crippen LogP contribution >= 0.6 is 11.3 Å². The minimum atomic E-state index is 1.11. The minimum Gasteiger partial charge on any atom is -0.309 e. The molecule has 12 aromatic rings. The Morgan fingerprint density at radius 2 is 0.934 bits per heavy atom. The predicted molar refractivity (Wildman–Crippen MR) is 262 cm³/mol. The third-order valence-electron chi connectivity index (χ3n) is 12.2. The third-order valence-corrected chi connectivity index (χ3v) is 13.4.